The standard InChI is InChI=1S/C6H4F3NO.C6H13NO3/c7-6(8,9)4-2-1-3-5(11)10-4;1-3-6(9)4(8)2-5(7)10-3/h1-3H,(H,10,11);3-6,8-9H,2,7H2,1H3. The second-order valence-electron chi connectivity index (χ2n) is 4.60. The Morgan fingerprint density at radius 1 is 1.38 bits per heavy atom. The lowest BCUT2D eigenvalue weighted by molar-refractivity contribution is -0.159. The third kappa shape index (κ3) is 5.46. The predicted octanol–water partition coefficient (Wildman–Crippen LogP) is 0.195. The Bertz CT molecular complexity index is 494. The summed E-state index contributed by atoms with van der Waals surface area (Å²) in [6, 6.07) is 2.89. The van der Waals surface area contributed by atoms with E-state index in [0.717, 1.165) is 18.2 Å². The Kier molecular flexibility index (Phi) is 5.90. The molecule has 0 amide bonds. The number of aliphatic hydroxyl groups is 2. The molecule has 2 rings (SSSR count). The third-order valence-electron chi connectivity index (χ3n) is 2.81. The van der Waals surface area contributed by atoms with E-state index < -0.39 is 35.9 Å². The number of aromatic amines is 1. The Hall–Kier alpha value is -1.42. The van der Waals surface area contributed by atoms with Gasteiger partial charge in [-0.3, -0.25) is 4.79 Å². The quantitative estimate of drug-likeness (QED) is 0.547. The van der Waals surface area contributed by atoms with Gasteiger partial charge in [-0.05, 0) is 13.0 Å². The van der Waals surface area contributed by atoms with Crippen molar-refractivity contribution < 1.29 is 28.1 Å². The van der Waals surface area contributed by atoms with Crippen molar-refractivity contribution in [3.05, 3.63) is 34.2 Å². The molecule has 1 fully saturated rings. The lowest BCUT2D eigenvalue weighted by atomic mass is 10.0. The van der Waals surface area contributed by atoms with Crippen LogP contribution >= 0.6 is 0 Å². The van der Waals surface area contributed by atoms with E-state index in [9.17, 15) is 18.0 Å². The number of aromatic nitrogens is 1. The highest BCUT2D eigenvalue weighted by atomic mass is 19.4. The molecular formula is C12H17F3N2O4. The van der Waals surface area contributed by atoms with Gasteiger partial charge in [0.05, 0.1) is 12.2 Å². The van der Waals surface area contributed by atoms with Crippen molar-refractivity contribution in [1.82, 2.24) is 4.98 Å². The minimum Gasteiger partial charge on any atom is -0.390 e. The van der Waals surface area contributed by atoms with E-state index in [0.29, 0.717) is 6.42 Å². The Labute approximate surface area is 118 Å². The smallest absolute Gasteiger partial charge is 0.390 e. The zero-order valence-corrected chi connectivity index (χ0v) is 11.2. The number of hydrogen-bond donors (Lipinski definition) is 4. The Balaban J connectivity index is 0.000000211. The van der Waals surface area contributed by atoms with Crippen LogP contribution < -0.4 is 11.3 Å². The summed E-state index contributed by atoms with van der Waals surface area (Å²) in [6.45, 7) is 1.69. The second kappa shape index (κ2) is 7.03. The maximum atomic E-state index is 11.8. The number of halogens is 3. The zero-order chi connectivity index (χ0) is 16.2. The van der Waals surface area contributed by atoms with E-state index in [1.165, 1.54) is 0 Å². The molecule has 1 aliphatic heterocycles. The van der Waals surface area contributed by atoms with Gasteiger partial charge in [-0.15, -0.1) is 0 Å². The molecular weight excluding hydrogens is 293 g/mol. The molecule has 0 aliphatic carbocycles. The maximum absolute atomic E-state index is 11.8. The van der Waals surface area contributed by atoms with Gasteiger partial charge in [0.15, 0.2) is 0 Å². The third-order valence-corrected chi connectivity index (χ3v) is 2.81. The molecule has 0 spiro atoms. The van der Waals surface area contributed by atoms with Gasteiger partial charge in [0, 0.05) is 12.5 Å². The first-order valence-electron chi connectivity index (χ1n) is 6.15. The minimum atomic E-state index is -4.47. The molecule has 6 nitrogen and oxygen atoms in total. The van der Waals surface area contributed by atoms with E-state index >= 15 is 0 Å². The van der Waals surface area contributed by atoms with E-state index in [2.05, 4.69) is 0 Å². The van der Waals surface area contributed by atoms with Gasteiger partial charge in [0.2, 0.25) is 5.56 Å². The van der Waals surface area contributed by atoms with Crippen LogP contribution in [0.3, 0.4) is 0 Å². The highest BCUT2D eigenvalue weighted by molar-refractivity contribution is 5.06. The lowest BCUT2D eigenvalue weighted by Gasteiger charge is -2.33. The lowest BCUT2D eigenvalue weighted by Crippen LogP contribution is -2.49. The molecule has 0 aromatic carbocycles. The molecule has 21 heavy (non-hydrogen) atoms. The number of alkyl halides is 3. The molecule has 0 bridgehead atoms. The number of pyridine rings is 1. The summed E-state index contributed by atoms with van der Waals surface area (Å²) >= 11 is 0. The van der Waals surface area contributed by atoms with Crippen molar-refractivity contribution in [2.24, 2.45) is 5.73 Å². The van der Waals surface area contributed by atoms with Crippen LogP contribution in [0.2, 0.25) is 0 Å². The summed E-state index contributed by atoms with van der Waals surface area (Å²) in [5.74, 6) is 0. The van der Waals surface area contributed by atoms with Gasteiger partial charge < -0.3 is 25.7 Å². The van der Waals surface area contributed by atoms with Crippen molar-refractivity contribution in [3.8, 4) is 0 Å². The van der Waals surface area contributed by atoms with Gasteiger partial charge in [0.1, 0.15) is 18.0 Å². The summed E-state index contributed by atoms with van der Waals surface area (Å²) in [5, 5.41) is 18.2. The van der Waals surface area contributed by atoms with Crippen LogP contribution in [-0.4, -0.2) is 39.7 Å². The molecule has 2 heterocycles. The molecule has 9 heteroatoms. The molecule has 0 radical (unpaired) electrons. The van der Waals surface area contributed by atoms with Crippen molar-refractivity contribution in [3.63, 3.8) is 0 Å². The predicted molar refractivity (Wildman–Crippen MR) is 67.2 cm³/mol. The van der Waals surface area contributed by atoms with E-state index in [-0.39, 0.29) is 6.10 Å². The molecule has 0 saturated carbocycles. The van der Waals surface area contributed by atoms with Gasteiger partial charge in [0.25, 0.3) is 0 Å². The summed E-state index contributed by atoms with van der Waals surface area (Å²) in [7, 11) is 0. The maximum Gasteiger partial charge on any atom is 0.431 e. The van der Waals surface area contributed by atoms with Crippen LogP contribution in [0.4, 0.5) is 13.2 Å². The number of rotatable bonds is 0. The van der Waals surface area contributed by atoms with Crippen LogP contribution in [0.25, 0.3) is 0 Å². The molecule has 5 N–H and O–H groups in total. The van der Waals surface area contributed by atoms with Crippen LogP contribution in [0.15, 0.2) is 23.0 Å². The van der Waals surface area contributed by atoms with Crippen LogP contribution in [0, 0.1) is 0 Å². The van der Waals surface area contributed by atoms with E-state index in [1.807, 2.05) is 0 Å². The van der Waals surface area contributed by atoms with Gasteiger partial charge in [-0.2, -0.15) is 13.2 Å². The number of hydrogen-bond acceptors (Lipinski definition) is 5. The zero-order valence-electron chi connectivity index (χ0n) is 11.2. The fourth-order valence-electron chi connectivity index (χ4n) is 1.72. The summed E-state index contributed by atoms with van der Waals surface area (Å²) in [4.78, 5) is 12.0. The first-order chi connectivity index (χ1) is 9.61. The molecule has 1 aromatic rings. The molecule has 1 aliphatic rings. The number of ether oxygens (including phenoxy) is 1. The van der Waals surface area contributed by atoms with Crippen molar-refractivity contribution in [1.29, 1.82) is 0 Å². The van der Waals surface area contributed by atoms with Gasteiger partial charge in [-0.1, -0.05) is 6.07 Å². The largest absolute Gasteiger partial charge is 0.431 e. The number of aliphatic hydroxyl groups excluding tert-OH is 2. The van der Waals surface area contributed by atoms with Crippen LogP contribution in [-0.2, 0) is 10.9 Å². The molecule has 1 aromatic heterocycles. The highest BCUT2D eigenvalue weighted by Crippen LogP contribution is 2.25. The van der Waals surface area contributed by atoms with Gasteiger partial charge >= 0.3 is 6.18 Å². The first kappa shape index (κ1) is 17.6. The Morgan fingerprint density at radius 2 is 2.00 bits per heavy atom. The molecule has 1 saturated heterocycles. The fraction of sp³-hybridized carbons (Fsp3) is 0.583. The minimum absolute atomic E-state index is 0.311. The normalized spacial score (nSPS) is 29.5. The number of nitrogens with two attached hydrogens (primary N) is 1. The van der Waals surface area contributed by atoms with Crippen molar-refractivity contribution >= 4 is 0 Å². The van der Waals surface area contributed by atoms with Crippen molar-refractivity contribution in [2.75, 3.05) is 0 Å². The van der Waals surface area contributed by atoms with Crippen LogP contribution in [0.1, 0.15) is 19.0 Å². The molecule has 120 valence electrons. The van der Waals surface area contributed by atoms with E-state index in [1.54, 1.807) is 11.9 Å². The van der Waals surface area contributed by atoms with Crippen molar-refractivity contribution in [2.45, 2.75) is 44.1 Å². The average molecular weight is 310 g/mol. The second-order valence-corrected chi connectivity index (χ2v) is 4.60. The average Bonchev–Trinajstić information content (AvgIpc) is 2.35. The van der Waals surface area contributed by atoms with Crippen LogP contribution in [0.5, 0.6) is 0 Å². The summed E-state index contributed by atoms with van der Waals surface area (Å²) < 4.78 is 40.4. The highest BCUT2D eigenvalue weighted by Gasteiger charge is 2.32. The monoisotopic (exact) mass is 310 g/mol. The SMILES string of the molecule is CC1OC(N)CC(O)C1O.O=c1cccc(C(F)(F)F)[nH]1. The summed E-state index contributed by atoms with van der Waals surface area (Å²) in [6.07, 6.45) is -6.49. The summed E-state index contributed by atoms with van der Waals surface area (Å²) in [5.41, 5.74) is 3.61. The fourth-order valence-corrected chi connectivity index (χ4v) is 1.72. The topological polar surface area (TPSA) is 109 Å². The Morgan fingerprint density at radius 3 is 2.43 bits per heavy atom. The molecule has 4 unspecified atom stereocenters. The number of H-pyrrole nitrogens is 1. The number of nitrogens with one attached hydrogen (secondary N) is 1. The first-order valence-corrected chi connectivity index (χ1v) is 6.15. The van der Waals surface area contributed by atoms with E-state index in [4.69, 9.17) is 20.7 Å². The molecule has 4 atom stereocenters. The van der Waals surface area contributed by atoms with Gasteiger partial charge in [-0.25, -0.2) is 0 Å².